The van der Waals surface area contributed by atoms with Gasteiger partial charge in [0.15, 0.2) is 29.6 Å². The van der Waals surface area contributed by atoms with E-state index in [4.69, 9.17) is 53.8 Å². The average molecular weight is 784 g/mol. The summed E-state index contributed by atoms with van der Waals surface area (Å²) in [6.45, 7) is 3.58. The molecule has 0 aromatic heterocycles. The molecule has 56 heavy (non-hydrogen) atoms. The molecule has 0 aliphatic carbocycles. The second-order valence-electron chi connectivity index (χ2n) is 14.4. The summed E-state index contributed by atoms with van der Waals surface area (Å²) in [5.41, 5.74) is 9.33. The van der Waals surface area contributed by atoms with Crippen molar-refractivity contribution in [3.63, 3.8) is 0 Å². The minimum absolute atomic E-state index is 0.0439. The average Bonchev–Trinajstić information content (AvgIpc) is 3.75. The third-order valence-electron chi connectivity index (χ3n) is 9.82. The Balaban J connectivity index is 1.18. The molecule has 302 valence electrons. The Morgan fingerprint density at radius 1 is 1.00 bits per heavy atom. The van der Waals surface area contributed by atoms with E-state index in [1.807, 2.05) is 12.1 Å². The highest BCUT2D eigenvalue weighted by atomic mass is 17.2. The topological polar surface area (TPSA) is 244 Å². The maximum absolute atomic E-state index is 11.9. The highest BCUT2D eigenvalue weighted by Gasteiger charge is 2.49. The fraction of sp³-hybridized carbons (Fsp3) is 0.487. The van der Waals surface area contributed by atoms with Crippen LogP contribution in [-0.4, -0.2) is 107 Å². The number of aliphatic hydroxyl groups excluding tert-OH is 3. The van der Waals surface area contributed by atoms with Gasteiger partial charge in [0.2, 0.25) is 0 Å². The van der Waals surface area contributed by atoms with Crippen molar-refractivity contribution in [1.82, 2.24) is 0 Å². The van der Waals surface area contributed by atoms with Gasteiger partial charge in [0.05, 0.1) is 19.1 Å². The second-order valence-corrected chi connectivity index (χ2v) is 14.4. The highest BCUT2D eigenvalue weighted by Crippen LogP contribution is 2.58. The number of carboxylic acids is 1. The van der Waals surface area contributed by atoms with Gasteiger partial charge < -0.3 is 69.3 Å². The highest BCUT2D eigenvalue weighted by molar-refractivity contribution is 5.90. The van der Waals surface area contributed by atoms with Gasteiger partial charge in [-0.3, -0.25) is 9.59 Å². The van der Waals surface area contributed by atoms with E-state index < -0.39 is 68.1 Å². The summed E-state index contributed by atoms with van der Waals surface area (Å²) in [7, 11) is 0. The molecule has 4 aliphatic heterocycles. The number of benzene rings is 3. The Bertz CT molecular complexity index is 1920. The molecule has 17 nitrogen and oxygen atoms in total. The van der Waals surface area contributed by atoms with Crippen molar-refractivity contribution in [3.05, 3.63) is 70.3 Å². The first-order valence-electron chi connectivity index (χ1n) is 18.4. The third kappa shape index (κ3) is 8.15. The van der Waals surface area contributed by atoms with Crippen molar-refractivity contribution in [1.29, 1.82) is 0 Å². The summed E-state index contributed by atoms with van der Waals surface area (Å²) in [5, 5.41) is 51.0. The lowest BCUT2D eigenvalue weighted by Gasteiger charge is -2.41. The van der Waals surface area contributed by atoms with E-state index in [1.165, 1.54) is 0 Å². The molecule has 7 rings (SSSR count). The van der Waals surface area contributed by atoms with Crippen LogP contribution in [0, 0.1) is 5.92 Å². The number of fused-ring (bicyclic) bond motifs is 6. The summed E-state index contributed by atoms with van der Waals surface area (Å²) in [5.74, 6) is 0.0520. The lowest BCUT2D eigenvalue weighted by atomic mass is 9.86. The molecule has 4 aliphatic rings. The summed E-state index contributed by atoms with van der Waals surface area (Å²) < 4.78 is 41.5. The number of esters is 1. The number of carboxylic acid groups (broad SMARTS) is 1. The van der Waals surface area contributed by atoms with E-state index in [0.29, 0.717) is 40.5 Å². The number of phenols is 1. The van der Waals surface area contributed by atoms with Crippen LogP contribution in [0.1, 0.15) is 60.1 Å². The van der Waals surface area contributed by atoms with Crippen LogP contribution in [0.2, 0.25) is 0 Å². The largest absolute Gasteiger partial charge is 0.508 e. The quantitative estimate of drug-likeness (QED) is 0.0559. The molecule has 3 aromatic rings. The standard InChI is InChI=1S/C39H45NO16/c1-18(2)8-24-35-22(12-28-37(24)53-32(15-41)51-28)25-16-49-27-11-20(9-19-4-3-5-21(42)10-19)26(13-23(27)36(25)54-35)55-56-38-34(47)33(46)29(52-39(38)48-7-6-40)17-50-31(45)14-30(43)44/h3-5,10-13,18,25,29,32-34,36,38-39,41-42,46-47H,6-9,14-17,40H2,1-2H3,(H,43,44)/t25-,29-,32-,33-,34+,36-,38-,39-/m1/s1. The predicted molar refractivity (Wildman–Crippen MR) is 190 cm³/mol. The molecule has 8 atom stereocenters. The number of aliphatic carboxylic acids is 1. The molecule has 0 unspecified atom stereocenters. The molecule has 1 fully saturated rings. The lowest BCUT2D eigenvalue weighted by molar-refractivity contribution is -0.372. The van der Waals surface area contributed by atoms with Gasteiger partial charge in [-0.1, -0.05) is 26.0 Å². The van der Waals surface area contributed by atoms with Gasteiger partial charge in [0.1, 0.15) is 61.3 Å². The molecule has 0 spiro atoms. The predicted octanol–water partition coefficient (Wildman–Crippen LogP) is 2.00. The molecular formula is C39H45NO16. The SMILES string of the molecule is CC(C)Cc1c2c(cc3c1O[C@@H]1c4cc(OO[C@H]5[C@H](OCCN)O[C@H](COC(=O)CC(=O)O)[C@@H](O)[C@@H]5O)c(Cc5cccc(O)c5)cc4OC[C@H]31)O[C@@H](CO)O2. The molecule has 7 N–H and O–H groups in total. The number of phenolic OH excluding ortho intramolecular Hbond substituents is 1. The van der Waals surface area contributed by atoms with E-state index in [9.17, 15) is 30.0 Å². The Morgan fingerprint density at radius 3 is 2.55 bits per heavy atom. The first-order chi connectivity index (χ1) is 26.9. The summed E-state index contributed by atoms with van der Waals surface area (Å²) in [6, 6.07) is 12.1. The zero-order chi connectivity index (χ0) is 39.7. The molecule has 4 heterocycles. The van der Waals surface area contributed by atoms with Crippen molar-refractivity contribution in [2.45, 2.75) is 82.1 Å². The molecule has 1 saturated heterocycles. The number of hydrogen-bond donors (Lipinski definition) is 6. The van der Waals surface area contributed by atoms with E-state index in [1.54, 1.807) is 30.3 Å². The maximum atomic E-state index is 11.9. The van der Waals surface area contributed by atoms with E-state index >= 15 is 0 Å². The van der Waals surface area contributed by atoms with Gasteiger partial charge in [-0.15, -0.1) is 0 Å². The van der Waals surface area contributed by atoms with Crippen molar-refractivity contribution in [3.8, 4) is 34.5 Å². The smallest absolute Gasteiger partial charge is 0.317 e. The molecule has 0 radical (unpaired) electrons. The van der Waals surface area contributed by atoms with Gasteiger partial charge in [-0.2, -0.15) is 4.89 Å². The molecule has 17 heteroatoms. The lowest BCUT2D eigenvalue weighted by Crippen LogP contribution is -2.60. The van der Waals surface area contributed by atoms with Gasteiger partial charge >= 0.3 is 11.9 Å². The maximum Gasteiger partial charge on any atom is 0.317 e. The van der Waals surface area contributed by atoms with Crippen molar-refractivity contribution < 1.29 is 78.1 Å². The molecule has 0 bridgehead atoms. The number of rotatable bonds is 15. The van der Waals surface area contributed by atoms with Crippen molar-refractivity contribution >= 4 is 11.9 Å². The number of aliphatic hydroxyl groups is 3. The van der Waals surface area contributed by atoms with Crippen LogP contribution in [0.3, 0.4) is 0 Å². The van der Waals surface area contributed by atoms with Crippen molar-refractivity contribution in [2.75, 3.05) is 33.0 Å². The van der Waals surface area contributed by atoms with E-state index in [2.05, 4.69) is 13.8 Å². The van der Waals surface area contributed by atoms with Gasteiger partial charge in [-0.25, -0.2) is 0 Å². The first-order valence-corrected chi connectivity index (χ1v) is 18.4. The first kappa shape index (κ1) is 39.4. The van der Waals surface area contributed by atoms with Gasteiger partial charge in [0.25, 0.3) is 6.29 Å². The Morgan fingerprint density at radius 2 is 1.82 bits per heavy atom. The summed E-state index contributed by atoms with van der Waals surface area (Å²) in [6.07, 6.45) is -8.85. The fourth-order valence-electron chi connectivity index (χ4n) is 7.29. The van der Waals surface area contributed by atoms with Crippen molar-refractivity contribution in [2.24, 2.45) is 11.7 Å². The Labute approximate surface area is 321 Å². The van der Waals surface area contributed by atoms with Gasteiger partial charge in [-0.05, 0) is 48.2 Å². The number of ether oxygens (including phenoxy) is 7. The summed E-state index contributed by atoms with van der Waals surface area (Å²) in [4.78, 5) is 34.6. The number of nitrogens with two attached hydrogens (primary N) is 1. The second kappa shape index (κ2) is 16.7. The van der Waals surface area contributed by atoms with Crippen LogP contribution in [0.4, 0.5) is 0 Å². The molecule has 3 aromatic carbocycles. The fourth-order valence-corrected chi connectivity index (χ4v) is 7.29. The number of aromatic hydroxyl groups is 1. The van der Waals surface area contributed by atoms with E-state index in [0.717, 1.165) is 16.7 Å². The normalized spacial score (nSPS) is 25.8. The third-order valence-corrected chi connectivity index (χ3v) is 9.82. The molecule has 0 amide bonds. The molecular weight excluding hydrogens is 738 g/mol. The monoisotopic (exact) mass is 783 g/mol. The number of hydrogen-bond acceptors (Lipinski definition) is 16. The number of carbonyl (C=O) groups excluding carboxylic acids is 1. The van der Waals surface area contributed by atoms with Crippen LogP contribution in [0.5, 0.6) is 34.5 Å². The summed E-state index contributed by atoms with van der Waals surface area (Å²) >= 11 is 0. The van der Waals surface area contributed by atoms with E-state index in [-0.39, 0.29) is 56.1 Å². The zero-order valence-corrected chi connectivity index (χ0v) is 30.7. The Hall–Kier alpha value is -4.88. The van der Waals surface area contributed by atoms with Crippen LogP contribution >= 0.6 is 0 Å². The van der Waals surface area contributed by atoms with Crippen LogP contribution in [0.25, 0.3) is 0 Å². The van der Waals surface area contributed by atoms with Gasteiger partial charge in [0, 0.05) is 35.2 Å². The zero-order valence-electron chi connectivity index (χ0n) is 30.7. The number of carbonyl (C=O) groups is 2. The van der Waals surface area contributed by atoms with Crippen LogP contribution in [-0.2, 0) is 41.5 Å². The van der Waals surface area contributed by atoms with Crippen LogP contribution in [0.15, 0.2) is 42.5 Å². The molecule has 0 saturated carbocycles. The Kier molecular flexibility index (Phi) is 11.7. The van der Waals surface area contributed by atoms with Crippen LogP contribution < -0.4 is 29.6 Å². The minimum Gasteiger partial charge on any atom is -0.508 e. The minimum atomic E-state index is -1.70.